The Morgan fingerprint density at radius 1 is 0.767 bits per heavy atom. The first-order chi connectivity index (χ1) is 20.6. The summed E-state index contributed by atoms with van der Waals surface area (Å²) in [5.74, 6) is 3.29. The maximum Gasteiger partial charge on any atom is 0.0769 e. The average Bonchev–Trinajstić information content (AvgIpc) is 3.77. The van der Waals surface area contributed by atoms with Crippen LogP contribution in [0, 0.1) is 23.7 Å². The number of rotatable bonds is 6. The monoisotopic (exact) mass is 644 g/mol. The number of hydrogen-bond acceptors (Lipinski definition) is 4. The van der Waals surface area contributed by atoms with E-state index in [1.807, 2.05) is 42.7 Å². The summed E-state index contributed by atoms with van der Waals surface area (Å²) in [5, 5.41) is -0.646. The van der Waals surface area contributed by atoms with Gasteiger partial charge in [0, 0.05) is 54.2 Å². The summed E-state index contributed by atoms with van der Waals surface area (Å²) in [6.07, 6.45) is 18.9. The van der Waals surface area contributed by atoms with Crippen LogP contribution in [0.1, 0.15) is 54.6 Å². The van der Waals surface area contributed by atoms with Crippen molar-refractivity contribution >= 4 is 18.5 Å². The molecule has 4 bridgehead atoms. The molecule has 0 N–H and O–H groups in total. The number of benzene rings is 1. The van der Waals surface area contributed by atoms with Gasteiger partial charge in [-0.15, -0.1) is 29.6 Å². The Morgan fingerprint density at radius 3 is 1.77 bits per heavy atom. The third kappa shape index (κ3) is 5.38. The molecule has 7 heteroatoms. The van der Waals surface area contributed by atoms with Crippen LogP contribution >= 0.6 is 18.5 Å². The zero-order chi connectivity index (χ0) is 28.6. The van der Waals surface area contributed by atoms with Crippen molar-refractivity contribution in [2.75, 3.05) is 6.16 Å². The molecule has 0 spiro atoms. The summed E-state index contributed by atoms with van der Waals surface area (Å²) in [6, 6.07) is 25.7. The normalized spacial score (nSPS) is 25.4. The van der Waals surface area contributed by atoms with Gasteiger partial charge >= 0.3 is 0 Å². The first-order valence-electron chi connectivity index (χ1n) is 15.2. The molecule has 0 radical (unpaired) electrons. The Kier molecular flexibility index (Phi) is 9.09. The fourth-order valence-corrected chi connectivity index (χ4v) is 10.1. The Labute approximate surface area is 270 Å². The molecule has 5 aromatic rings. The maximum atomic E-state index is 4.86. The third-order valence-electron chi connectivity index (χ3n) is 10.3. The molecule has 43 heavy (non-hydrogen) atoms. The van der Waals surface area contributed by atoms with E-state index >= 15 is 0 Å². The van der Waals surface area contributed by atoms with Crippen molar-refractivity contribution in [3.63, 3.8) is 0 Å². The summed E-state index contributed by atoms with van der Waals surface area (Å²) in [7, 11) is 6.34. The predicted molar refractivity (Wildman–Crippen MR) is 176 cm³/mol. The van der Waals surface area contributed by atoms with Crippen molar-refractivity contribution in [2.45, 2.75) is 42.7 Å². The summed E-state index contributed by atoms with van der Waals surface area (Å²) in [5.41, 5.74) is 7.21. The molecule has 2 unspecified atom stereocenters. The van der Waals surface area contributed by atoms with Gasteiger partial charge in [-0.2, -0.15) is 11.6 Å². The van der Waals surface area contributed by atoms with Crippen LogP contribution < -0.4 is 0 Å². The van der Waals surface area contributed by atoms with Gasteiger partial charge in [-0.25, -0.2) is 6.07 Å². The molecule has 2 atom stereocenters. The van der Waals surface area contributed by atoms with Crippen LogP contribution in [0.3, 0.4) is 0 Å². The molecular weight excluding hydrogens is 606 g/mol. The van der Waals surface area contributed by atoms with Crippen molar-refractivity contribution in [3.05, 3.63) is 132 Å². The van der Waals surface area contributed by atoms with Gasteiger partial charge in [0.2, 0.25) is 0 Å². The fourth-order valence-electron chi connectivity index (χ4n) is 8.66. The van der Waals surface area contributed by atoms with Crippen LogP contribution in [0.15, 0.2) is 110 Å². The van der Waals surface area contributed by atoms with E-state index in [1.54, 1.807) is 24.8 Å². The SMILES string of the molecule is PCC1([c-]2cc(-c3ccccc3)cc2C(P)(c2cnccn2)c2cnccn2)C2CC3CC(C2)CC1C3.[Fe].[cH-]1[cH-][cH-][cH-][cH-]1. The largest absolute Gasteiger partial charge is 0.748 e. The van der Waals surface area contributed by atoms with Gasteiger partial charge in [0.1, 0.15) is 0 Å². The molecule has 4 fully saturated rings. The minimum absolute atomic E-state index is 0. The molecule has 2 heterocycles. The molecule has 4 aliphatic carbocycles. The van der Waals surface area contributed by atoms with Crippen molar-refractivity contribution in [2.24, 2.45) is 23.7 Å². The Morgan fingerprint density at radius 2 is 1.30 bits per heavy atom. The molecule has 0 saturated heterocycles. The second-order valence-electron chi connectivity index (χ2n) is 12.4. The molecule has 3 aromatic carbocycles. The van der Waals surface area contributed by atoms with E-state index in [0.29, 0.717) is 0 Å². The van der Waals surface area contributed by atoms with Crippen LogP contribution in [-0.4, -0.2) is 26.1 Å². The summed E-state index contributed by atoms with van der Waals surface area (Å²) in [6.45, 7) is 0. The van der Waals surface area contributed by atoms with Crippen molar-refractivity contribution < 1.29 is 17.1 Å². The third-order valence-corrected chi connectivity index (χ3v) is 11.9. The van der Waals surface area contributed by atoms with E-state index in [9.17, 15) is 0 Å². The molecule has 9 rings (SSSR count). The topological polar surface area (TPSA) is 51.6 Å². The minimum Gasteiger partial charge on any atom is -0.748 e. The zero-order valence-corrected chi connectivity index (χ0v) is 27.7. The van der Waals surface area contributed by atoms with Crippen molar-refractivity contribution in [1.29, 1.82) is 0 Å². The molecule has 0 aliphatic heterocycles. The molecule has 4 nitrogen and oxygen atoms in total. The molecule has 226 valence electrons. The summed E-state index contributed by atoms with van der Waals surface area (Å²) >= 11 is 0. The van der Waals surface area contributed by atoms with E-state index in [0.717, 1.165) is 41.2 Å². The van der Waals surface area contributed by atoms with Crippen LogP contribution in [0.5, 0.6) is 0 Å². The van der Waals surface area contributed by atoms with Gasteiger partial charge in [-0.3, -0.25) is 19.9 Å². The maximum absolute atomic E-state index is 4.86. The van der Waals surface area contributed by atoms with E-state index < -0.39 is 5.16 Å². The van der Waals surface area contributed by atoms with Crippen LogP contribution in [0.25, 0.3) is 11.1 Å². The Bertz CT molecular complexity index is 1500. The van der Waals surface area contributed by atoms with Gasteiger partial charge in [0.15, 0.2) is 0 Å². The van der Waals surface area contributed by atoms with Crippen LogP contribution in [-0.2, 0) is 27.6 Å². The molecule has 0 amide bonds. The first-order valence-corrected chi connectivity index (χ1v) is 16.6. The van der Waals surface area contributed by atoms with Gasteiger partial charge < -0.3 is 30.3 Å². The summed E-state index contributed by atoms with van der Waals surface area (Å²) < 4.78 is 0. The van der Waals surface area contributed by atoms with E-state index in [2.05, 4.69) is 70.9 Å². The van der Waals surface area contributed by atoms with Gasteiger partial charge in [-0.05, 0) is 67.4 Å². The molecule has 4 saturated carbocycles. The smallest absolute Gasteiger partial charge is 0.0769 e. The zero-order valence-electron chi connectivity index (χ0n) is 24.2. The summed E-state index contributed by atoms with van der Waals surface area (Å²) in [4.78, 5) is 18.7. The van der Waals surface area contributed by atoms with E-state index in [4.69, 9.17) is 9.97 Å². The second kappa shape index (κ2) is 12.8. The molecule has 2 aromatic heterocycles. The van der Waals surface area contributed by atoms with Crippen molar-refractivity contribution in [3.8, 4) is 11.1 Å². The minimum atomic E-state index is -0.646. The van der Waals surface area contributed by atoms with Crippen LogP contribution in [0.2, 0.25) is 0 Å². The Balaban J connectivity index is 0.000000500. The number of aromatic nitrogens is 4. The number of hydrogen-bond donors (Lipinski definition) is 0. The Hall–Kier alpha value is -2.54. The van der Waals surface area contributed by atoms with Crippen molar-refractivity contribution in [1.82, 2.24) is 19.9 Å². The predicted octanol–water partition coefficient (Wildman–Crippen LogP) is 7.79. The molecule has 4 aliphatic rings. The fraction of sp³-hybridized carbons (Fsp3) is 0.333. The number of nitrogens with zero attached hydrogens (tertiary/aromatic N) is 4. The quantitative estimate of drug-likeness (QED) is 0.108. The first kappa shape index (κ1) is 30.5. The van der Waals surface area contributed by atoms with Crippen LogP contribution in [0.4, 0.5) is 0 Å². The average molecular weight is 645 g/mol. The second-order valence-corrected chi connectivity index (χ2v) is 13.7. The van der Waals surface area contributed by atoms with E-state index in [1.165, 1.54) is 54.4 Å². The van der Waals surface area contributed by atoms with Gasteiger partial charge in [0.25, 0.3) is 0 Å². The molecular formula is C36H38FeN4P2-6. The van der Waals surface area contributed by atoms with Gasteiger partial charge in [0.05, 0.1) is 16.5 Å². The van der Waals surface area contributed by atoms with Gasteiger partial charge in [-0.1, -0.05) is 35.9 Å². The standard InChI is InChI=1S/C31H33N4P2.C5H5.Fe/c36-19-30(24-11-20-10-21(13-24)14-25(30)12-20)26-15-23(22-4-2-1-3-5-22)16-27(26)31(37,28-17-32-6-8-34-28)29-18-33-7-9-35-29;1-2-4-5-3-1;/h1-9,15-18,20-21,24-25H,10-14,19,36-37H2;1-5H;/q-1;-5;. The van der Waals surface area contributed by atoms with E-state index in [-0.39, 0.29) is 22.5 Å².